The minimum absolute atomic E-state index is 0.0615. The van der Waals surface area contributed by atoms with Gasteiger partial charge in [-0.3, -0.25) is 4.79 Å². The van der Waals surface area contributed by atoms with Crippen molar-refractivity contribution in [2.75, 3.05) is 12.4 Å². The fourth-order valence-electron chi connectivity index (χ4n) is 1.65. The number of thiazole rings is 1. The van der Waals surface area contributed by atoms with Crippen LogP contribution in [0.15, 0.2) is 17.5 Å². The highest BCUT2D eigenvalue weighted by atomic mass is 32.1. The summed E-state index contributed by atoms with van der Waals surface area (Å²) in [4.78, 5) is 28.8. The number of hydrogen-bond donors (Lipinski definition) is 1. The predicted octanol–water partition coefficient (Wildman–Crippen LogP) is 3.37. The van der Waals surface area contributed by atoms with Gasteiger partial charge in [0.1, 0.15) is 4.88 Å². The van der Waals surface area contributed by atoms with Gasteiger partial charge in [0.25, 0.3) is 0 Å². The standard InChI is InChI=1S/C13H14N2O3S2/c1-7(9-5-4-6-19-9)14-13-15-10(12(17)18-3)11(20-13)8(2)16/h4-7H,1-3H3,(H,14,15). The number of methoxy groups -OCH3 is 1. The van der Waals surface area contributed by atoms with Gasteiger partial charge in [-0.05, 0) is 18.4 Å². The number of Topliss-reactive ketones (excluding diaryl/α,β-unsaturated/α-hetero) is 1. The second kappa shape index (κ2) is 6.15. The van der Waals surface area contributed by atoms with Crippen molar-refractivity contribution < 1.29 is 14.3 Å². The zero-order valence-corrected chi connectivity index (χ0v) is 12.9. The van der Waals surface area contributed by atoms with Gasteiger partial charge < -0.3 is 10.1 Å². The fraction of sp³-hybridized carbons (Fsp3) is 0.308. The summed E-state index contributed by atoms with van der Waals surface area (Å²) >= 11 is 2.80. The number of carbonyl (C=O) groups is 2. The minimum Gasteiger partial charge on any atom is -0.464 e. The number of hydrogen-bond acceptors (Lipinski definition) is 7. The summed E-state index contributed by atoms with van der Waals surface area (Å²) in [6.45, 7) is 3.41. The molecule has 0 aromatic carbocycles. The zero-order chi connectivity index (χ0) is 14.7. The molecule has 0 saturated carbocycles. The molecule has 2 rings (SSSR count). The molecule has 1 atom stereocenters. The minimum atomic E-state index is -0.594. The van der Waals surface area contributed by atoms with Crippen molar-refractivity contribution in [2.24, 2.45) is 0 Å². The second-order valence-electron chi connectivity index (χ2n) is 4.13. The number of anilines is 1. The lowest BCUT2D eigenvalue weighted by atomic mass is 10.3. The molecule has 2 aromatic heterocycles. The summed E-state index contributed by atoms with van der Waals surface area (Å²) in [7, 11) is 1.27. The molecule has 7 heteroatoms. The molecule has 1 unspecified atom stereocenters. The summed E-state index contributed by atoms with van der Waals surface area (Å²) in [6.07, 6.45) is 0. The van der Waals surface area contributed by atoms with E-state index in [0.717, 1.165) is 4.88 Å². The van der Waals surface area contributed by atoms with Gasteiger partial charge in [0.05, 0.1) is 13.2 Å². The number of thiophene rings is 1. The van der Waals surface area contributed by atoms with Gasteiger partial charge in [-0.1, -0.05) is 17.4 Å². The molecule has 0 saturated heterocycles. The predicted molar refractivity (Wildman–Crippen MR) is 79.8 cm³/mol. The molecule has 20 heavy (non-hydrogen) atoms. The molecular formula is C13H14N2O3S2. The van der Waals surface area contributed by atoms with Crippen molar-refractivity contribution in [3.63, 3.8) is 0 Å². The van der Waals surface area contributed by atoms with Crippen molar-refractivity contribution in [3.05, 3.63) is 33.0 Å². The first kappa shape index (κ1) is 14.7. The molecule has 0 radical (unpaired) electrons. The zero-order valence-electron chi connectivity index (χ0n) is 11.3. The molecule has 106 valence electrons. The van der Waals surface area contributed by atoms with Crippen LogP contribution in [0.5, 0.6) is 0 Å². The van der Waals surface area contributed by atoms with E-state index in [1.807, 2.05) is 24.4 Å². The Balaban J connectivity index is 2.25. The highest BCUT2D eigenvalue weighted by molar-refractivity contribution is 7.17. The molecule has 1 N–H and O–H groups in total. The summed E-state index contributed by atoms with van der Waals surface area (Å²) in [6, 6.07) is 4.05. The summed E-state index contributed by atoms with van der Waals surface area (Å²) in [5.74, 6) is -0.789. The lowest BCUT2D eigenvalue weighted by Crippen LogP contribution is -2.08. The molecule has 5 nitrogen and oxygen atoms in total. The highest BCUT2D eigenvalue weighted by Gasteiger charge is 2.22. The molecule has 0 fully saturated rings. The Bertz CT molecular complexity index is 620. The summed E-state index contributed by atoms with van der Waals surface area (Å²) in [5, 5.41) is 5.73. The van der Waals surface area contributed by atoms with Crippen LogP contribution >= 0.6 is 22.7 Å². The first-order valence-corrected chi connectivity index (χ1v) is 7.62. The molecule has 0 bridgehead atoms. The largest absolute Gasteiger partial charge is 0.464 e. The number of nitrogens with one attached hydrogen (secondary N) is 1. The van der Waals surface area contributed by atoms with E-state index in [9.17, 15) is 9.59 Å². The van der Waals surface area contributed by atoms with E-state index in [1.54, 1.807) is 11.3 Å². The smallest absolute Gasteiger partial charge is 0.358 e. The van der Waals surface area contributed by atoms with E-state index < -0.39 is 5.97 Å². The number of nitrogens with zero attached hydrogens (tertiary/aromatic N) is 1. The third kappa shape index (κ3) is 3.05. The van der Waals surface area contributed by atoms with Crippen LogP contribution in [0, 0.1) is 0 Å². The van der Waals surface area contributed by atoms with Crippen molar-refractivity contribution in [1.29, 1.82) is 0 Å². The molecule has 2 heterocycles. The SMILES string of the molecule is COC(=O)c1nc(NC(C)c2cccs2)sc1C(C)=O. The number of esters is 1. The number of carbonyl (C=O) groups excluding carboxylic acids is 2. The number of rotatable bonds is 5. The van der Waals surface area contributed by atoms with E-state index in [2.05, 4.69) is 15.0 Å². The van der Waals surface area contributed by atoms with Crippen molar-refractivity contribution in [2.45, 2.75) is 19.9 Å². The first-order valence-electron chi connectivity index (χ1n) is 5.93. The molecule has 2 aromatic rings. The van der Waals surface area contributed by atoms with E-state index in [0.29, 0.717) is 10.0 Å². The monoisotopic (exact) mass is 310 g/mol. The quantitative estimate of drug-likeness (QED) is 0.677. The third-order valence-electron chi connectivity index (χ3n) is 2.64. The maximum atomic E-state index is 11.6. The lowest BCUT2D eigenvalue weighted by molar-refractivity contribution is 0.0591. The van der Waals surface area contributed by atoms with Crippen LogP contribution in [0.4, 0.5) is 5.13 Å². The Morgan fingerprint density at radius 1 is 1.45 bits per heavy atom. The van der Waals surface area contributed by atoms with Gasteiger partial charge in [0, 0.05) is 11.8 Å². The van der Waals surface area contributed by atoms with E-state index in [1.165, 1.54) is 25.4 Å². The number of aromatic nitrogens is 1. The molecule has 0 aliphatic heterocycles. The maximum absolute atomic E-state index is 11.6. The molecule has 0 spiro atoms. The van der Waals surface area contributed by atoms with Crippen LogP contribution in [0.2, 0.25) is 0 Å². The number of ketones is 1. The molecule has 0 amide bonds. The van der Waals surface area contributed by atoms with E-state index in [-0.39, 0.29) is 17.5 Å². The van der Waals surface area contributed by atoms with Crippen molar-refractivity contribution in [3.8, 4) is 0 Å². The van der Waals surface area contributed by atoms with Crippen LogP contribution in [-0.2, 0) is 4.74 Å². The average Bonchev–Trinajstić information content (AvgIpc) is 3.06. The van der Waals surface area contributed by atoms with Gasteiger partial charge in [-0.15, -0.1) is 11.3 Å². The maximum Gasteiger partial charge on any atom is 0.358 e. The van der Waals surface area contributed by atoms with Gasteiger partial charge in [-0.25, -0.2) is 9.78 Å². The molecular weight excluding hydrogens is 296 g/mol. The van der Waals surface area contributed by atoms with E-state index in [4.69, 9.17) is 0 Å². The topological polar surface area (TPSA) is 68.3 Å². The van der Waals surface area contributed by atoms with Gasteiger partial charge in [0.2, 0.25) is 0 Å². The van der Waals surface area contributed by atoms with Gasteiger partial charge >= 0.3 is 5.97 Å². The Morgan fingerprint density at radius 3 is 2.75 bits per heavy atom. The highest BCUT2D eigenvalue weighted by Crippen LogP contribution is 2.29. The van der Waals surface area contributed by atoms with Crippen LogP contribution in [-0.4, -0.2) is 23.8 Å². The second-order valence-corrected chi connectivity index (χ2v) is 6.10. The summed E-state index contributed by atoms with van der Waals surface area (Å²) < 4.78 is 4.64. The van der Waals surface area contributed by atoms with Crippen LogP contribution < -0.4 is 5.32 Å². The van der Waals surface area contributed by atoms with Crippen LogP contribution in [0.3, 0.4) is 0 Å². The average molecular weight is 310 g/mol. The Hall–Kier alpha value is -1.73. The van der Waals surface area contributed by atoms with Gasteiger partial charge in [-0.2, -0.15) is 0 Å². The van der Waals surface area contributed by atoms with Gasteiger partial charge in [0.15, 0.2) is 16.6 Å². The number of ether oxygens (including phenoxy) is 1. The molecule has 0 aliphatic rings. The van der Waals surface area contributed by atoms with Crippen molar-refractivity contribution >= 4 is 39.6 Å². The normalized spacial score (nSPS) is 11.9. The lowest BCUT2D eigenvalue weighted by Gasteiger charge is -2.10. The Kier molecular flexibility index (Phi) is 4.51. The summed E-state index contributed by atoms with van der Waals surface area (Å²) in [5.41, 5.74) is 0.0749. The van der Waals surface area contributed by atoms with Crippen molar-refractivity contribution in [1.82, 2.24) is 4.98 Å². The van der Waals surface area contributed by atoms with Crippen LogP contribution in [0.1, 0.15) is 44.9 Å². The Morgan fingerprint density at radius 2 is 2.20 bits per heavy atom. The van der Waals surface area contributed by atoms with E-state index >= 15 is 0 Å². The molecule has 0 aliphatic carbocycles. The first-order chi connectivity index (χ1) is 9.52. The third-order valence-corrected chi connectivity index (χ3v) is 4.78. The van der Waals surface area contributed by atoms with Crippen LogP contribution in [0.25, 0.3) is 0 Å². The Labute approximate surface area is 124 Å². The fourth-order valence-corrected chi connectivity index (χ4v) is 3.32.